The SMILES string of the molecule is NC(=O)C1CCC(Nc2ncncc2Br)CC1. The molecule has 1 fully saturated rings. The third-order valence-electron chi connectivity index (χ3n) is 3.14. The van der Waals surface area contributed by atoms with Gasteiger partial charge in [-0.2, -0.15) is 0 Å². The third-order valence-corrected chi connectivity index (χ3v) is 3.72. The van der Waals surface area contributed by atoms with Crippen LogP contribution in [0.2, 0.25) is 0 Å². The van der Waals surface area contributed by atoms with Crippen molar-refractivity contribution in [2.75, 3.05) is 5.32 Å². The highest BCUT2D eigenvalue weighted by Crippen LogP contribution is 2.27. The van der Waals surface area contributed by atoms with Gasteiger partial charge in [0, 0.05) is 18.2 Å². The zero-order valence-corrected chi connectivity index (χ0v) is 11.0. The van der Waals surface area contributed by atoms with E-state index in [9.17, 15) is 4.79 Å². The van der Waals surface area contributed by atoms with Gasteiger partial charge in [0.05, 0.1) is 4.47 Å². The number of halogens is 1. The normalized spacial score (nSPS) is 24.3. The Kier molecular flexibility index (Phi) is 3.93. The number of nitrogens with one attached hydrogen (secondary N) is 1. The van der Waals surface area contributed by atoms with Gasteiger partial charge < -0.3 is 11.1 Å². The Hall–Kier alpha value is -1.17. The molecule has 1 amide bonds. The Balaban J connectivity index is 1.90. The molecule has 1 heterocycles. The molecule has 0 unspecified atom stereocenters. The molecule has 0 saturated heterocycles. The summed E-state index contributed by atoms with van der Waals surface area (Å²) in [4.78, 5) is 19.1. The topological polar surface area (TPSA) is 80.9 Å². The summed E-state index contributed by atoms with van der Waals surface area (Å²) >= 11 is 3.40. The van der Waals surface area contributed by atoms with Crippen LogP contribution in [0, 0.1) is 5.92 Å². The van der Waals surface area contributed by atoms with Gasteiger partial charge in [0.1, 0.15) is 12.1 Å². The quantitative estimate of drug-likeness (QED) is 0.890. The van der Waals surface area contributed by atoms with Crippen molar-refractivity contribution < 1.29 is 4.79 Å². The van der Waals surface area contributed by atoms with Crippen molar-refractivity contribution in [3.05, 3.63) is 17.0 Å². The maximum Gasteiger partial charge on any atom is 0.220 e. The number of amides is 1. The zero-order valence-electron chi connectivity index (χ0n) is 9.40. The molecule has 0 aromatic carbocycles. The van der Waals surface area contributed by atoms with Crippen molar-refractivity contribution >= 4 is 27.7 Å². The van der Waals surface area contributed by atoms with E-state index in [1.807, 2.05) is 0 Å². The maximum absolute atomic E-state index is 11.0. The predicted octanol–water partition coefficient (Wildman–Crippen LogP) is 1.70. The van der Waals surface area contributed by atoms with E-state index in [2.05, 4.69) is 31.2 Å². The largest absolute Gasteiger partial charge is 0.369 e. The Morgan fingerprint density at radius 2 is 2.12 bits per heavy atom. The molecule has 0 radical (unpaired) electrons. The van der Waals surface area contributed by atoms with Gasteiger partial charge in [0.25, 0.3) is 0 Å². The van der Waals surface area contributed by atoms with Crippen molar-refractivity contribution in [1.29, 1.82) is 0 Å². The lowest BCUT2D eigenvalue weighted by Crippen LogP contribution is -2.32. The van der Waals surface area contributed by atoms with Crippen molar-refractivity contribution in [3.63, 3.8) is 0 Å². The number of carbonyl (C=O) groups excluding carboxylic acids is 1. The molecule has 1 aliphatic rings. The molecule has 17 heavy (non-hydrogen) atoms. The van der Waals surface area contributed by atoms with Crippen LogP contribution in [0.5, 0.6) is 0 Å². The standard InChI is InChI=1S/C11H15BrN4O/c12-9-5-14-6-15-11(9)16-8-3-1-7(2-4-8)10(13)17/h5-8H,1-4H2,(H2,13,17)(H,14,15,16). The molecule has 0 atom stereocenters. The highest BCUT2D eigenvalue weighted by atomic mass is 79.9. The second-order valence-corrected chi connectivity index (χ2v) is 5.17. The molecule has 1 aromatic rings. The van der Waals surface area contributed by atoms with E-state index < -0.39 is 0 Å². The summed E-state index contributed by atoms with van der Waals surface area (Å²) in [5.41, 5.74) is 5.30. The number of primary amides is 1. The smallest absolute Gasteiger partial charge is 0.220 e. The van der Waals surface area contributed by atoms with Crippen molar-refractivity contribution in [1.82, 2.24) is 9.97 Å². The van der Waals surface area contributed by atoms with Crippen LogP contribution >= 0.6 is 15.9 Å². The summed E-state index contributed by atoms with van der Waals surface area (Å²) in [7, 11) is 0. The lowest BCUT2D eigenvalue weighted by molar-refractivity contribution is -0.122. The number of hydrogen-bond donors (Lipinski definition) is 2. The van der Waals surface area contributed by atoms with Gasteiger partial charge in [-0.15, -0.1) is 0 Å². The average Bonchev–Trinajstić information content (AvgIpc) is 2.33. The first-order valence-corrected chi connectivity index (χ1v) is 6.47. The second kappa shape index (κ2) is 5.44. The number of anilines is 1. The summed E-state index contributed by atoms with van der Waals surface area (Å²) in [6.45, 7) is 0. The first-order chi connectivity index (χ1) is 8.16. The monoisotopic (exact) mass is 298 g/mol. The summed E-state index contributed by atoms with van der Waals surface area (Å²) in [5, 5.41) is 3.36. The van der Waals surface area contributed by atoms with Crippen LogP contribution in [0.15, 0.2) is 17.0 Å². The van der Waals surface area contributed by atoms with Gasteiger partial charge in [0.15, 0.2) is 0 Å². The third kappa shape index (κ3) is 3.15. The fourth-order valence-corrected chi connectivity index (χ4v) is 2.47. The van der Waals surface area contributed by atoms with Gasteiger partial charge in [0.2, 0.25) is 5.91 Å². The molecule has 2 rings (SSSR count). The predicted molar refractivity (Wildman–Crippen MR) is 68.3 cm³/mol. The van der Waals surface area contributed by atoms with E-state index in [0.29, 0.717) is 6.04 Å². The number of aromatic nitrogens is 2. The van der Waals surface area contributed by atoms with E-state index in [1.165, 1.54) is 6.33 Å². The lowest BCUT2D eigenvalue weighted by atomic mass is 9.85. The zero-order chi connectivity index (χ0) is 12.3. The Labute approximate surface area is 108 Å². The Bertz CT molecular complexity index is 404. The Morgan fingerprint density at radius 1 is 1.41 bits per heavy atom. The number of nitrogens with zero attached hydrogens (tertiary/aromatic N) is 2. The van der Waals surface area contributed by atoms with E-state index in [0.717, 1.165) is 36.0 Å². The van der Waals surface area contributed by atoms with Crippen LogP contribution in [-0.2, 0) is 4.79 Å². The minimum Gasteiger partial charge on any atom is -0.369 e. The maximum atomic E-state index is 11.0. The fraction of sp³-hybridized carbons (Fsp3) is 0.545. The van der Waals surface area contributed by atoms with Crippen molar-refractivity contribution in [2.24, 2.45) is 11.7 Å². The molecular weight excluding hydrogens is 284 g/mol. The molecule has 92 valence electrons. The molecular formula is C11H15BrN4O. The van der Waals surface area contributed by atoms with Crippen LogP contribution in [-0.4, -0.2) is 21.9 Å². The minimum atomic E-state index is -0.174. The summed E-state index contributed by atoms with van der Waals surface area (Å²) in [6, 6.07) is 0.358. The number of hydrogen-bond acceptors (Lipinski definition) is 4. The lowest BCUT2D eigenvalue weighted by Gasteiger charge is -2.27. The van der Waals surface area contributed by atoms with Crippen molar-refractivity contribution in [3.8, 4) is 0 Å². The molecule has 5 nitrogen and oxygen atoms in total. The number of rotatable bonds is 3. The Morgan fingerprint density at radius 3 is 2.71 bits per heavy atom. The van der Waals surface area contributed by atoms with E-state index in [1.54, 1.807) is 6.20 Å². The molecule has 3 N–H and O–H groups in total. The van der Waals surface area contributed by atoms with E-state index in [-0.39, 0.29) is 11.8 Å². The van der Waals surface area contributed by atoms with Gasteiger partial charge in [-0.05, 0) is 41.6 Å². The minimum absolute atomic E-state index is 0.0434. The first-order valence-electron chi connectivity index (χ1n) is 5.68. The number of nitrogens with two attached hydrogens (primary N) is 1. The average molecular weight is 299 g/mol. The van der Waals surface area contributed by atoms with Gasteiger partial charge >= 0.3 is 0 Å². The highest BCUT2D eigenvalue weighted by molar-refractivity contribution is 9.10. The van der Waals surface area contributed by atoms with Gasteiger partial charge in [-0.25, -0.2) is 9.97 Å². The van der Waals surface area contributed by atoms with Gasteiger partial charge in [-0.1, -0.05) is 0 Å². The van der Waals surface area contributed by atoms with Crippen LogP contribution in [0.1, 0.15) is 25.7 Å². The molecule has 1 aliphatic carbocycles. The van der Waals surface area contributed by atoms with Gasteiger partial charge in [-0.3, -0.25) is 4.79 Å². The molecule has 0 bridgehead atoms. The summed E-state index contributed by atoms with van der Waals surface area (Å²) in [5.74, 6) is 0.677. The molecule has 1 aromatic heterocycles. The highest BCUT2D eigenvalue weighted by Gasteiger charge is 2.24. The van der Waals surface area contributed by atoms with Crippen LogP contribution in [0.4, 0.5) is 5.82 Å². The fourth-order valence-electron chi connectivity index (χ4n) is 2.13. The molecule has 0 aliphatic heterocycles. The summed E-state index contributed by atoms with van der Waals surface area (Å²) < 4.78 is 0.858. The van der Waals surface area contributed by atoms with Crippen LogP contribution < -0.4 is 11.1 Å². The van der Waals surface area contributed by atoms with E-state index >= 15 is 0 Å². The summed E-state index contributed by atoms with van der Waals surface area (Å²) in [6.07, 6.45) is 6.84. The van der Waals surface area contributed by atoms with Crippen LogP contribution in [0.25, 0.3) is 0 Å². The number of carbonyl (C=O) groups is 1. The first kappa shape index (κ1) is 12.3. The molecule has 0 spiro atoms. The molecule has 1 saturated carbocycles. The van der Waals surface area contributed by atoms with E-state index in [4.69, 9.17) is 5.73 Å². The molecule has 6 heteroatoms. The second-order valence-electron chi connectivity index (χ2n) is 4.31. The van der Waals surface area contributed by atoms with Crippen LogP contribution in [0.3, 0.4) is 0 Å². The van der Waals surface area contributed by atoms with Crippen molar-refractivity contribution in [2.45, 2.75) is 31.7 Å².